The Hall–Kier alpha value is -3.31. The molecule has 1 aliphatic heterocycles. The van der Waals surface area contributed by atoms with Crippen LogP contribution in [0.2, 0.25) is 0 Å². The number of pyridine rings is 3. The molecule has 4 atom stereocenters. The zero-order valence-electron chi connectivity index (χ0n) is 23.8. The molecule has 0 unspecified atom stereocenters. The Morgan fingerprint density at radius 3 is 2.58 bits per heavy atom. The van der Waals surface area contributed by atoms with Gasteiger partial charge in [-0.2, -0.15) is 0 Å². The number of esters is 1. The molecule has 10 nitrogen and oxygen atoms in total. The number of nitrogens with two attached hydrogens (primary N) is 1. The van der Waals surface area contributed by atoms with Crippen LogP contribution in [-0.4, -0.2) is 53.1 Å². The highest BCUT2D eigenvalue weighted by molar-refractivity contribution is 7.91. The number of carbonyl (C=O) groups excluding carboxylic acids is 1. The van der Waals surface area contributed by atoms with Crippen LogP contribution in [-0.2, 0) is 25.5 Å². The molecule has 0 amide bonds. The molecular formula is C29H37N5O5S. The summed E-state index contributed by atoms with van der Waals surface area (Å²) in [7, 11) is -3.18. The SMILES string of the molecule is CC[C@@](C)(N)c1cnc(O[C@H](C)C[C@@H](C)S(C)(=O)=O)c2cnc(Nc3ccc4c(n3)C3(CC3)[C@H](C)OC4=O)cc12. The van der Waals surface area contributed by atoms with Gasteiger partial charge in [0.2, 0.25) is 5.88 Å². The molecule has 1 fully saturated rings. The highest BCUT2D eigenvalue weighted by Crippen LogP contribution is 2.54. The summed E-state index contributed by atoms with van der Waals surface area (Å²) in [4.78, 5) is 26.5. The van der Waals surface area contributed by atoms with Gasteiger partial charge in [0, 0.05) is 30.6 Å². The van der Waals surface area contributed by atoms with Crippen molar-refractivity contribution in [1.82, 2.24) is 15.0 Å². The molecule has 1 aliphatic carbocycles. The van der Waals surface area contributed by atoms with Crippen LogP contribution in [0.25, 0.3) is 10.8 Å². The number of sulfone groups is 1. The van der Waals surface area contributed by atoms with E-state index in [2.05, 4.69) is 15.3 Å². The number of fused-ring (bicyclic) bond motifs is 3. The molecule has 0 radical (unpaired) electrons. The van der Waals surface area contributed by atoms with Gasteiger partial charge in [-0.25, -0.2) is 28.2 Å². The average molecular weight is 568 g/mol. The fourth-order valence-electron chi connectivity index (χ4n) is 5.31. The molecule has 1 saturated carbocycles. The van der Waals surface area contributed by atoms with Crippen molar-refractivity contribution in [3.63, 3.8) is 0 Å². The number of nitrogens with zero attached hydrogens (tertiary/aromatic N) is 3. The van der Waals surface area contributed by atoms with Gasteiger partial charge in [0.05, 0.1) is 33.4 Å². The highest BCUT2D eigenvalue weighted by Gasteiger charge is 2.56. The van der Waals surface area contributed by atoms with Gasteiger partial charge < -0.3 is 20.5 Å². The molecule has 11 heteroatoms. The number of cyclic esters (lactones) is 1. The van der Waals surface area contributed by atoms with Crippen molar-refractivity contribution >= 4 is 38.2 Å². The first kappa shape index (κ1) is 28.2. The third-order valence-electron chi connectivity index (χ3n) is 8.49. The Morgan fingerprint density at radius 1 is 1.20 bits per heavy atom. The Morgan fingerprint density at radius 2 is 1.93 bits per heavy atom. The quantitative estimate of drug-likeness (QED) is 0.353. The van der Waals surface area contributed by atoms with Gasteiger partial charge in [-0.05, 0) is 76.1 Å². The molecule has 2 aliphatic rings. The van der Waals surface area contributed by atoms with Crippen LogP contribution >= 0.6 is 0 Å². The van der Waals surface area contributed by atoms with Crippen molar-refractivity contribution in [1.29, 1.82) is 0 Å². The summed E-state index contributed by atoms with van der Waals surface area (Å²) >= 11 is 0. The lowest BCUT2D eigenvalue weighted by Crippen LogP contribution is -2.36. The first-order valence-corrected chi connectivity index (χ1v) is 15.6. The Balaban J connectivity index is 1.50. The standard InChI is InChI=1S/C29H37N5O5S/c1-7-28(5,30)22-15-32-26(38-16(2)12-17(3)40(6,36)37)21-14-31-24(13-20(21)22)33-23-9-8-19-25(34-23)29(10-11-29)18(4)39-27(19)35/h8-9,13-18H,7,10-12,30H2,1-6H3,(H,31,33,34)/t16-,17-,18+,28-/m1/s1. The van der Waals surface area contributed by atoms with Crippen molar-refractivity contribution in [3.05, 3.63) is 47.4 Å². The Bertz CT molecular complexity index is 1590. The summed E-state index contributed by atoms with van der Waals surface area (Å²) in [5.74, 6) is 1.17. The minimum absolute atomic E-state index is 0.207. The van der Waals surface area contributed by atoms with E-state index >= 15 is 0 Å². The van der Waals surface area contributed by atoms with Gasteiger partial charge >= 0.3 is 5.97 Å². The maximum atomic E-state index is 12.4. The molecule has 3 aromatic rings. The second-order valence-electron chi connectivity index (χ2n) is 11.6. The van der Waals surface area contributed by atoms with Crippen molar-refractivity contribution in [2.24, 2.45) is 5.73 Å². The molecule has 0 saturated heterocycles. The van der Waals surface area contributed by atoms with Gasteiger partial charge in [-0.15, -0.1) is 0 Å². The maximum Gasteiger partial charge on any atom is 0.340 e. The van der Waals surface area contributed by atoms with E-state index in [1.54, 1.807) is 31.5 Å². The van der Waals surface area contributed by atoms with E-state index in [9.17, 15) is 13.2 Å². The zero-order chi connectivity index (χ0) is 29.0. The summed E-state index contributed by atoms with van der Waals surface area (Å²) < 4.78 is 35.5. The molecule has 5 rings (SSSR count). The molecule has 0 bridgehead atoms. The Labute approximate surface area is 235 Å². The second-order valence-corrected chi connectivity index (χ2v) is 14.1. The first-order valence-electron chi connectivity index (χ1n) is 13.7. The number of anilines is 2. The summed E-state index contributed by atoms with van der Waals surface area (Å²) in [6, 6.07) is 5.41. The van der Waals surface area contributed by atoms with Crippen LogP contribution in [0.4, 0.5) is 11.6 Å². The van der Waals surface area contributed by atoms with Gasteiger partial charge in [-0.3, -0.25) is 0 Å². The fourth-order valence-corrected chi connectivity index (χ4v) is 5.93. The number of carbonyl (C=O) groups is 1. The summed E-state index contributed by atoms with van der Waals surface area (Å²) in [6.07, 6.45) is 6.92. The minimum Gasteiger partial charge on any atom is -0.474 e. The normalized spacial score (nSPS) is 20.8. The zero-order valence-corrected chi connectivity index (χ0v) is 24.6. The number of nitrogens with one attached hydrogen (secondary N) is 1. The van der Waals surface area contributed by atoms with Crippen LogP contribution in [0.3, 0.4) is 0 Å². The Kier molecular flexibility index (Phi) is 7.02. The molecule has 40 heavy (non-hydrogen) atoms. The van der Waals surface area contributed by atoms with Crippen LogP contribution in [0.15, 0.2) is 30.6 Å². The maximum absolute atomic E-state index is 12.4. The second kappa shape index (κ2) is 9.95. The summed E-state index contributed by atoms with van der Waals surface area (Å²) in [5, 5.41) is 4.26. The largest absolute Gasteiger partial charge is 0.474 e. The van der Waals surface area contributed by atoms with Crippen LogP contribution in [0.5, 0.6) is 5.88 Å². The van der Waals surface area contributed by atoms with Gasteiger partial charge in [0.25, 0.3) is 0 Å². The fraction of sp³-hybridized carbons (Fsp3) is 0.517. The van der Waals surface area contributed by atoms with E-state index in [0.29, 0.717) is 41.3 Å². The van der Waals surface area contributed by atoms with Crippen LogP contribution < -0.4 is 15.8 Å². The summed E-state index contributed by atoms with van der Waals surface area (Å²) in [6.45, 7) is 9.40. The van der Waals surface area contributed by atoms with Gasteiger partial charge in [0.1, 0.15) is 27.6 Å². The first-order chi connectivity index (χ1) is 18.7. The molecular weight excluding hydrogens is 530 g/mol. The molecule has 1 spiro atoms. The lowest BCUT2D eigenvalue weighted by atomic mass is 9.88. The summed E-state index contributed by atoms with van der Waals surface area (Å²) in [5.41, 5.74) is 7.93. The predicted molar refractivity (Wildman–Crippen MR) is 154 cm³/mol. The molecule has 3 aromatic heterocycles. The molecule has 4 heterocycles. The van der Waals surface area contributed by atoms with Crippen molar-refractivity contribution < 1.29 is 22.7 Å². The average Bonchev–Trinajstić information content (AvgIpc) is 3.69. The highest BCUT2D eigenvalue weighted by atomic mass is 32.2. The van der Waals surface area contributed by atoms with E-state index in [4.69, 9.17) is 20.2 Å². The third kappa shape index (κ3) is 5.12. The molecule has 0 aromatic carbocycles. The number of rotatable bonds is 9. The van der Waals surface area contributed by atoms with Gasteiger partial charge in [-0.1, -0.05) is 6.92 Å². The van der Waals surface area contributed by atoms with E-state index < -0.39 is 20.6 Å². The number of hydrogen-bond donors (Lipinski definition) is 2. The van der Waals surface area contributed by atoms with Gasteiger partial charge in [0.15, 0.2) is 0 Å². The molecule has 214 valence electrons. The number of aromatic nitrogens is 3. The van der Waals surface area contributed by atoms with E-state index in [0.717, 1.165) is 29.5 Å². The smallest absolute Gasteiger partial charge is 0.340 e. The van der Waals surface area contributed by atoms with Crippen molar-refractivity contribution in [3.8, 4) is 5.88 Å². The van der Waals surface area contributed by atoms with E-state index in [1.165, 1.54) is 6.26 Å². The number of ether oxygens (including phenoxy) is 2. The van der Waals surface area contributed by atoms with Crippen LogP contribution in [0, 0.1) is 0 Å². The topological polar surface area (TPSA) is 146 Å². The predicted octanol–water partition coefficient (Wildman–Crippen LogP) is 4.53. The van der Waals surface area contributed by atoms with E-state index in [-0.39, 0.29) is 23.6 Å². The lowest BCUT2D eigenvalue weighted by Gasteiger charge is -2.30. The molecule has 3 N–H and O–H groups in total. The van der Waals surface area contributed by atoms with Crippen LogP contribution in [0.1, 0.15) is 81.9 Å². The van der Waals surface area contributed by atoms with E-state index in [1.807, 2.05) is 33.8 Å². The third-order valence-corrected chi connectivity index (χ3v) is 10.1. The monoisotopic (exact) mass is 567 g/mol. The lowest BCUT2D eigenvalue weighted by molar-refractivity contribution is 0.0183. The minimum atomic E-state index is -3.18. The van der Waals surface area contributed by atoms with Crippen molar-refractivity contribution in [2.75, 3.05) is 11.6 Å². The van der Waals surface area contributed by atoms with Crippen molar-refractivity contribution in [2.45, 2.75) is 88.7 Å². The number of hydrogen-bond acceptors (Lipinski definition) is 10.